The molecule has 1 aliphatic heterocycles. The second-order valence-electron chi connectivity index (χ2n) is 6.30. The number of morpholine rings is 1. The predicted molar refractivity (Wildman–Crippen MR) is 95.8 cm³/mol. The maximum Gasteiger partial charge on any atom is 0.239 e. The summed E-state index contributed by atoms with van der Waals surface area (Å²) in [5.74, 6) is -0.206. The van der Waals surface area contributed by atoms with Gasteiger partial charge in [0.25, 0.3) is 0 Å². The first-order chi connectivity index (χ1) is 12.5. The van der Waals surface area contributed by atoms with E-state index >= 15 is 0 Å². The molecule has 0 atom stereocenters. The Morgan fingerprint density at radius 1 is 1.35 bits per heavy atom. The van der Waals surface area contributed by atoms with Crippen molar-refractivity contribution in [2.75, 3.05) is 38.2 Å². The normalized spacial score (nSPS) is 14.8. The summed E-state index contributed by atoms with van der Waals surface area (Å²) in [7, 11) is 0. The Morgan fingerprint density at radius 2 is 2.08 bits per heavy atom. The summed E-state index contributed by atoms with van der Waals surface area (Å²) < 4.78 is 20.7. The fourth-order valence-electron chi connectivity index (χ4n) is 3.13. The molecule has 3 rings (SSSR count). The molecule has 0 bridgehead atoms. The average Bonchev–Trinajstić information content (AvgIpc) is 2.85. The van der Waals surface area contributed by atoms with Crippen molar-refractivity contribution in [2.24, 2.45) is 0 Å². The molecule has 2 heterocycles. The van der Waals surface area contributed by atoms with Crippen LogP contribution < -0.4 is 5.32 Å². The lowest BCUT2D eigenvalue weighted by Gasteiger charge is -2.26. The lowest BCUT2D eigenvalue weighted by molar-refractivity contribution is -0.118. The summed E-state index contributed by atoms with van der Waals surface area (Å²) in [5, 5.41) is 12.4. The summed E-state index contributed by atoms with van der Waals surface area (Å²) in [5.41, 5.74) is 2.50. The number of hydrogen-bond acceptors (Lipinski definition) is 4. The zero-order chi connectivity index (χ0) is 18.7. The van der Waals surface area contributed by atoms with E-state index in [1.54, 1.807) is 16.7 Å². The van der Waals surface area contributed by atoms with E-state index in [1.165, 1.54) is 12.1 Å². The molecule has 0 aliphatic carbocycles. The lowest BCUT2D eigenvalue weighted by atomic mass is 10.2. The number of nitriles is 1. The molecule has 1 amide bonds. The first-order valence-electron chi connectivity index (χ1n) is 8.49. The van der Waals surface area contributed by atoms with Crippen LogP contribution in [0.3, 0.4) is 0 Å². The van der Waals surface area contributed by atoms with E-state index in [1.807, 2.05) is 18.7 Å². The van der Waals surface area contributed by atoms with Crippen LogP contribution in [0.1, 0.15) is 16.8 Å². The van der Waals surface area contributed by atoms with Gasteiger partial charge in [-0.15, -0.1) is 0 Å². The molecule has 1 fully saturated rings. The average molecular weight is 356 g/mol. The Kier molecular flexibility index (Phi) is 5.35. The number of amides is 1. The maximum absolute atomic E-state index is 13.7. The lowest BCUT2D eigenvalue weighted by Crippen LogP contribution is -2.41. The highest BCUT2D eigenvalue weighted by Gasteiger charge is 2.22. The number of benzene rings is 1. The molecule has 1 aliphatic rings. The molecule has 0 radical (unpaired) electrons. The summed E-state index contributed by atoms with van der Waals surface area (Å²) >= 11 is 0. The molecule has 0 unspecified atom stereocenters. The highest BCUT2D eigenvalue weighted by atomic mass is 19.1. The fourth-order valence-corrected chi connectivity index (χ4v) is 3.13. The van der Waals surface area contributed by atoms with Gasteiger partial charge >= 0.3 is 0 Å². The van der Waals surface area contributed by atoms with Crippen molar-refractivity contribution in [3.63, 3.8) is 0 Å². The van der Waals surface area contributed by atoms with Crippen LogP contribution in [0.5, 0.6) is 0 Å². The van der Waals surface area contributed by atoms with Crippen molar-refractivity contribution in [2.45, 2.75) is 13.8 Å². The van der Waals surface area contributed by atoms with Crippen molar-refractivity contribution in [3.05, 3.63) is 46.9 Å². The molecule has 0 saturated carbocycles. The Bertz CT molecular complexity index is 863. The minimum Gasteiger partial charge on any atom is -0.379 e. The Hall–Kier alpha value is -2.69. The molecule has 2 aromatic rings. The van der Waals surface area contributed by atoms with E-state index in [2.05, 4.69) is 11.4 Å². The SMILES string of the molecule is Cc1c(C#N)c(NC(=O)CN2CCOCC2)n(-c2cccc(F)c2)c1C. The third-order valence-electron chi connectivity index (χ3n) is 4.62. The van der Waals surface area contributed by atoms with Crippen LogP contribution in [0.15, 0.2) is 24.3 Å². The number of hydrogen-bond donors (Lipinski definition) is 1. The fraction of sp³-hybridized carbons (Fsp3) is 0.368. The van der Waals surface area contributed by atoms with Crippen molar-refractivity contribution in [3.8, 4) is 11.8 Å². The second kappa shape index (κ2) is 7.68. The Labute approximate surface area is 151 Å². The van der Waals surface area contributed by atoms with Crippen molar-refractivity contribution < 1.29 is 13.9 Å². The zero-order valence-electron chi connectivity index (χ0n) is 14.9. The highest BCUT2D eigenvalue weighted by molar-refractivity contribution is 5.93. The van der Waals surface area contributed by atoms with Gasteiger partial charge in [0, 0.05) is 18.8 Å². The standard InChI is InChI=1S/C19H21FN4O2/c1-13-14(2)24(16-5-3-4-15(20)10-16)19(17(13)11-21)22-18(25)12-23-6-8-26-9-7-23/h3-5,10H,6-9,12H2,1-2H3,(H,22,25). The molecule has 1 aromatic heterocycles. The molecule has 1 N–H and O–H groups in total. The molecule has 7 heteroatoms. The van der Waals surface area contributed by atoms with Crippen LogP contribution in [-0.4, -0.2) is 48.2 Å². The molecule has 26 heavy (non-hydrogen) atoms. The van der Waals surface area contributed by atoms with Gasteiger partial charge in [0.1, 0.15) is 17.7 Å². The Morgan fingerprint density at radius 3 is 2.73 bits per heavy atom. The van der Waals surface area contributed by atoms with E-state index in [9.17, 15) is 14.4 Å². The van der Waals surface area contributed by atoms with E-state index in [0.717, 1.165) is 11.3 Å². The van der Waals surface area contributed by atoms with Gasteiger partial charge in [0.05, 0.1) is 31.0 Å². The first-order valence-corrected chi connectivity index (χ1v) is 8.49. The summed E-state index contributed by atoms with van der Waals surface area (Å²) in [6.45, 7) is 6.49. The van der Waals surface area contributed by atoms with Gasteiger partial charge in [-0.1, -0.05) is 6.07 Å². The van der Waals surface area contributed by atoms with Crippen LogP contribution in [0.25, 0.3) is 5.69 Å². The monoisotopic (exact) mass is 356 g/mol. The van der Waals surface area contributed by atoms with Gasteiger partial charge < -0.3 is 10.1 Å². The van der Waals surface area contributed by atoms with Gasteiger partial charge in [0.15, 0.2) is 0 Å². The number of carbonyl (C=O) groups is 1. The van der Waals surface area contributed by atoms with E-state index in [4.69, 9.17) is 4.74 Å². The second-order valence-corrected chi connectivity index (χ2v) is 6.30. The minimum atomic E-state index is -0.377. The molecule has 136 valence electrons. The van der Waals surface area contributed by atoms with Gasteiger partial charge in [-0.2, -0.15) is 5.26 Å². The summed E-state index contributed by atoms with van der Waals surface area (Å²) in [4.78, 5) is 14.5. The molecular formula is C19H21FN4O2. The van der Waals surface area contributed by atoms with Crippen LogP contribution in [-0.2, 0) is 9.53 Å². The quantitative estimate of drug-likeness (QED) is 0.913. The molecule has 1 aromatic carbocycles. The maximum atomic E-state index is 13.7. The predicted octanol–water partition coefficient (Wildman–Crippen LogP) is 2.38. The minimum absolute atomic E-state index is 0.210. The molecule has 6 nitrogen and oxygen atoms in total. The van der Waals surface area contributed by atoms with Gasteiger partial charge in [0.2, 0.25) is 5.91 Å². The number of rotatable bonds is 4. The zero-order valence-corrected chi connectivity index (χ0v) is 14.9. The number of carbonyl (C=O) groups excluding carboxylic acids is 1. The van der Waals surface area contributed by atoms with E-state index in [-0.39, 0.29) is 18.3 Å². The molecule has 1 saturated heterocycles. The summed E-state index contributed by atoms with van der Waals surface area (Å²) in [6.07, 6.45) is 0. The third kappa shape index (κ3) is 3.62. The number of halogens is 1. The molecule has 0 spiro atoms. The van der Waals surface area contributed by atoms with Crippen molar-refractivity contribution in [1.82, 2.24) is 9.47 Å². The third-order valence-corrected chi connectivity index (χ3v) is 4.62. The smallest absolute Gasteiger partial charge is 0.239 e. The van der Waals surface area contributed by atoms with Crippen molar-refractivity contribution in [1.29, 1.82) is 5.26 Å². The Balaban J connectivity index is 1.93. The van der Waals surface area contributed by atoms with Crippen LogP contribution in [0.4, 0.5) is 10.2 Å². The van der Waals surface area contributed by atoms with E-state index < -0.39 is 0 Å². The number of aromatic nitrogens is 1. The highest BCUT2D eigenvalue weighted by Crippen LogP contribution is 2.30. The van der Waals surface area contributed by atoms with E-state index in [0.29, 0.717) is 43.4 Å². The number of nitrogens with zero attached hydrogens (tertiary/aromatic N) is 3. The summed E-state index contributed by atoms with van der Waals surface area (Å²) in [6, 6.07) is 8.24. The molecular weight excluding hydrogens is 335 g/mol. The topological polar surface area (TPSA) is 70.3 Å². The van der Waals surface area contributed by atoms with Crippen LogP contribution in [0, 0.1) is 31.0 Å². The number of ether oxygens (including phenoxy) is 1. The van der Waals surface area contributed by atoms with Gasteiger partial charge in [-0.3, -0.25) is 14.3 Å². The van der Waals surface area contributed by atoms with Gasteiger partial charge in [-0.05, 0) is 37.6 Å². The first kappa shape index (κ1) is 18.1. The number of nitrogens with one attached hydrogen (secondary N) is 1. The van der Waals surface area contributed by atoms with Crippen LogP contribution >= 0.6 is 0 Å². The number of anilines is 1. The van der Waals surface area contributed by atoms with Gasteiger partial charge in [-0.25, -0.2) is 4.39 Å². The van der Waals surface area contributed by atoms with Crippen LogP contribution in [0.2, 0.25) is 0 Å². The van der Waals surface area contributed by atoms with Crippen molar-refractivity contribution >= 4 is 11.7 Å². The largest absolute Gasteiger partial charge is 0.379 e.